The van der Waals surface area contributed by atoms with E-state index in [-0.39, 0.29) is 0 Å². The van der Waals surface area contributed by atoms with Crippen LogP contribution in [0.1, 0.15) is 37.1 Å². The van der Waals surface area contributed by atoms with Gasteiger partial charge in [0.15, 0.2) is 0 Å². The minimum Gasteiger partial charge on any atom is -0.375 e. The first-order chi connectivity index (χ1) is 7.88. The van der Waals surface area contributed by atoms with Crippen LogP contribution in [0.15, 0.2) is 17.5 Å². The number of nitrogens with one attached hydrogen (secondary N) is 1. The summed E-state index contributed by atoms with van der Waals surface area (Å²) in [7, 11) is 0. The first-order valence-electron chi connectivity index (χ1n) is 6.30. The molecule has 2 saturated heterocycles. The molecular weight excluding hydrogens is 218 g/mol. The molecule has 1 aromatic rings. The Morgan fingerprint density at radius 2 is 2.50 bits per heavy atom. The second-order valence-corrected chi connectivity index (χ2v) is 5.80. The summed E-state index contributed by atoms with van der Waals surface area (Å²) < 4.78 is 5.97. The molecule has 2 aliphatic heterocycles. The number of fused-ring (bicyclic) bond motifs is 2. The van der Waals surface area contributed by atoms with Crippen LogP contribution in [0.5, 0.6) is 0 Å². The Balaban J connectivity index is 1.78. The van der Waals surface area contributed by atoms with Gasteiger partial charge in [0.05, 0.1) is 12.2 Å². The van der Waals surface area contributed by atoms with Crippen molar-refractivity contribution in [3.8, 4) is 0 Å². The van der Waals surface area contributed by atoms with E-state index in [9.17, 15) is 0 Å². The third-order valence-corrected chi connectivity index (χ3v) is 4.81. The molecule has 2 bridgehead atoms. The molecule has 3 rings (SSSR count). The maximum Gasteiger partial charge on any atom is 0.0627 e. The van der Waals surface area contributed by atoms with E-state index in [4.69, 9.17) is 4.74 Å². The Hall–Kier alpha value is -0.380. The summed E-state index contributed by atoms with van der Waals surface area (Å²) in [4.78, 5) is 1.48. The summed E-state index contributed by atoms with van der Waals surface area (Å²) in [5.74, 6) is 0.692. The van der Waals surface area contributed by atoms with Gasteiger partial charge in [0.1, 0.15) is 0 Å². The van der Waals surface area contributed by atoms with Gasteiger partial charge in [-0.3, -0.25) is 0 Å². The predicted octanol–water partition coefficient (Wildman–Crippen LogP) is 2.97. The minimum atomic E-state index is 0.510. The molecule has 4 unspecified atom stereocenters. The minimum absolute atomic E-state index is 0.510. The van der Waals surface area contributed by atoms with Gasteiger partial charge >= 0.3 is 0 Å². The highest BCUT2D eigenvalue weighted by Crippen LogP contribution is 2.45. The highest BCUT2D eigenvalue weighted by Gasteiger charge is 2.44. The standard InChI is InChI=1S/C13H19NOS/c1-2-14-13(12-4-3-7-16-12)10-8-9-5-6-11(10)15-9/h3-4,7,9-11,13-14H,2,5-6,8H2,1H3. The van der Waals surface area contributed by atoms with Gasteiger partial charge in [0, 0.05) is 16.8 Å². The van der Waals surface area contributed by atoms with Crippen molar-refractivity contribution in [3.63, 3.8) is 0 Å². The Morgan fingerprint density at radius 3 is 3.06 bits per heavy atom. The van der Waals surface area contributed by atoms with Crippen LogP contribution in [0, 0.1) is 5.92 Å². The fourth-order valence-electron chi connectivity index (χ4n) is 3.18. The van der Waals surface area contributed by atoms with Crippen LogP contribution < -0.4 is 5.32 Å². The highest BCUT2D eigenvalue weighted by atomic mass is 32.1. The molecule has 16 heavy (non-hydrogen) atoms. The molecule has 3 heterocycles. The average molecular weight is 237 g/mol. The number of ether oxygens (including phenoxy) is 1. The van der Waals surface area contributed by atoms with E-state index < -0.39 is 0 Å². The normalized spacial score (nSPS) is 34.4. The van der Waals surface area contributed by atoms with E-state index in [0.717, 1.165) is 6.54 Å². The zero-order valence-electron chi connectivity index (χ0n) is 9.69. The molecule has 0 amide bonds. The van der Waals surface area contributed by atoms with Crippen LogP contribution in [0.2, 0.25) is 0 Å². The molecule has 2 fully saturated rings. The van der Waals surface area contributed by atoms with Crippen molar-refractivity contribution < 1.29 is 4.74 Å². The van der Waals surface area contributed by atoms with Gasteiger partial charge in [-0.05, 0) is 37.3 Å². The number of hydrogen-bond donors (Lipinski definition) is 1. The quantitative estimate of drug-likeness (QED) is 0.869. The second-order valence-electron chi connectivity index (χ2n) is 4.82. The van der Waals surface area contributed by atoms with Crippen LogP contribution in [0.25, 0.3) is 0 Å². The van der Waals surface area contributed by atoms with Crippen molar-refractivity contribution in [2.75, 3.05) is 6.54 Å². The monoisotopic (exact) mass is 237 g/mol. The third kappa shape index (κ3) is 1.81. The SMILES string of the molecule is CCNC(c1cccs1)C1CC2CCC1O2. The number of thiophene rings is 1. The van der Waals surface area contributed by atoms with Gasteiger partial charge in [-0.15, -0.1) is 11.3 Å². The molecule has 1 N–H and O–H groups in total. The summed E-state index contributed by atoms with van der Waals surface area (Å²) in [6, 6.07) is 4.92. The van der Waals surface area contributed by atoms with E-state index >= 15 is 0 Å². The lowest BCUT2D eigenvalue weighted by Crippen LogP contribution is -2.33. The fraction of sp³-hybridized carbons (Fsp3) is 0.692. The van der Waals surface area contributed by atoms with E-state index in [1.54, 1.807) is 0 Å². The lowest BCUT2D eigenvalue weighted by atomic mass is 9.83. The van der Waals surface area contributed by atoms with Crippen LogP contribution in [-0.4, -0.2) is 18.8 Å². The van der Waals surface area contributed by atoms with Crippen molar-refractivity contribution in [2.45, 2.75) is 44.4 Å². The molecule has 0 aromatic carbocycles. The van der Waals surface area contributed by atoms with Crippen LogP contribution in [0.4, 0.5) is 0 Å². The molecule has 0 spiro atoms. The molecule has 0 saturated carbocycles. The van der Waals surface area contributed by atoms with Crippen LogP contribution in [-0.2, 0) is 4.74 Å². The van der Waals surface area contributed by atoms with Crippen LogP contribution >= 0.6 is 11.3 Å². The molecule has 1 aromatic heterocycles. The lowest BCUT2D eigenvalue weighted by Gasteiger charge is -2.28. The lowest BCUT2D eigenvalue weighted by molar-refractivity contribution is 0.0861. The average Bonchev–Trinajstić information content (AvgIpc) is 3.01. The van der Waals surface area contributed by atoms with Crippen molar-refractivity contribution >= 4 is 11.3 Å². The Kier molecular flexibility index (Phi) is 3.01. The van der Waals surface area contributed by atoms with Gasteiger partial charge < -0.3 is 10.1 Å². The Labute approximate surface area is 101 Å². The second kappa shape index (κ2) is 4.47. The first-order valence-corrected chi connectivity index (χ1v) is 7.18. The smallest absolute Gasteiger partial charge is 0.0627 e. The zero-order chi connectivity index (χ0) is 11.0. The molecule has 0 radical (unpaired) electrons. The maximum atomic E-state index is 5.97. The van der Waals surface area contributed by atoms with Gasteiger partial charge in [0.25, 0.3) is 0 Å². The Morgan fingerprint density at radius 1 is 1.56 bits per heavy atom. The van der Waals surface area contributed by atoms with Gasteiger partial charge in [-0.1, -0.05) is 13.0 Å². The summed E-state index contributed by atoms with van der Waals surface area (Å²) in [5.41, 5.74) is 0. The fourth-order valence-corrected chi connectivity index (χ4v) is 4.06. The van der Waals surface area contributed by atoms with Crippen LogP contribution in [0.3, 0.4) is 0 Å². The molecule has 0 aliphatic carbocycles. The van der Waals surface area contributed by atoms with Gasteiger partial charge in [0.2, 0.25) is 0 Å². The van der Waals surface area contributed by atoms with Gasteiger partial charge in [-0.25, -0.2) is 0 Å². The summed E-state index contributed by atoms with van der Waals surface area (Å²) in [6.07, 6.45) is 4.86. The van der Waals surface area contributed by atoms with Crippen molar-refractivity contribution in [1.29, 1.82) is 0 Å². The summed E-state index contributed by atoms with van der Waals surface area (Å²) in [6.45, 7) is 3.23. The number of hydrogen-bond acceptors (Lipinski definition) is 3. The van der Waals surface area contributed by atoms with Crippen molar-refractivity contribution in [3.05, 3.63) is 22.4 Å². The molecule has 2 aliphatic rings. The van der Waals surface area contributed by atoms with Gasteiger partial charge in [-0.2, -0.15) is 0 Å². The topological polar surface area (TPSA) is 21.3 Å². The molecular formula is C13H19NOS. The first kappa shape index (κ1) is 10.8. The van der Waals surface area contributed by atoms with Crippen molar-refractivity contribution in [2.24, 2.45) is 5.92 Å². The molecule has 2 nitrogen and oxygen atoms in total. The molecule has 4 atom stereocenters. The Bertz CT molecular complexity index is 338. The largest absolute Gasteiger partial charge is 0.375 e. The predicted molar refractivity (Wildman–Crippen MR) is 66.7 cm³/mol. The third-order valence-electron chi connectivity index (χ3n) is 3.85. The zero-order valence-corrected chi connectivity index (χ0v) is 10.5. The van der Waals surface area contributed by atoms with E-state index in [1.807, 2.05) is 11.3 Å². The molecule has 3 heteroatoms. The molecule has 88 valence electrons. The van der Waals surface area contributed by atoms with E-state index in [2.05, 4.69) is 29.8 Å². The highest BCUT2D eigenvalue weighted by molar-refractivity contribution is 7.10. The van der Waals surface area contributed by atoms with E-state index in [1.165, 1.54) is 24.1 Å². The summed E-state index contributed by atoms with van der Waals surface area (Å²) >= 11 is 1.87. The maximum absolute atomic E-state index is 5.97. The number of rotatable bonds is 4. The summed E-state index contributed by atoms with van der Waals surface area (Å²) in [5, 5.41) is 5.82. The van der Waals surface area contributed by atoms with Crippen molar-refractivity contribution in [1.82, 2.24) is 5.32 Å². The van der Waals surface area contributed by atoms with E-state index in [0.29, 0.717) is 24.2 Å².